The molecular weight excluding hydrogens is 655 g/mol. The van der Waals surface area contributed by atoms with Crippen LogP contribution >= 0.6 is 0 Å². The van der Waals surface area contributed by atoms with Gasteiger partial charge in [-0.05, 0) is 67.1 Å². The quantitative estimate of drug-likeness (QED) is 0.188. The Hall–Kier alpha value is -5.20. The molecule has 2 N–H and O–H groups in total. The van der Waals surface area contributed by atoms with Gasteiger partial charge in [-0.15, -0.1) is 0 Å². The average molecular weight is 696 g/mol. The number of rotatable bonds is 12. The predicted octanol–water partition coefficient (Wildman–Crippen LogP) is 5.28. The number of amides is 2. The second-order valence-corrected chi connectivity index (χ2v) is 14.5. The minimum Gasteiger partial charge on any atom is -0.448 e. The number of hydrogen-bond acceptors (Lipinski definition) is 7. The molecule has 1 aliphatic rings. The zero-order chi connectivity index (χ0) is 35.3. The fourth-order valence-electron chi connectivity index (χ4n) is 6.53. The van der Waals surface area contributed by atoms with Gasteiger partial charge in [-0.25, -0.2) is 18.0 Å². The maximum Gasteiger partial charge on any atom is 0.411 e. The monoisotopic (exact) mass is 695 g/mol. The molecule has 260 valence electrons. The minimum absolute atomic E-state index is 0.0376. The van der Waals surface area contributed by atoms with Crippen molar-refractivity contribution in [2.75, 3.05) is 13.2 Å². The SMILES string of the molecule is C[C@@H](COC(=O)N1CCCCC1n1c(=O)n(S(=O)(=O)c2ccc(CC(N)=O)cc2)c2ccccc21)N(Cc1ccccc1)Cc1ccccc1. The average Bonchev–Trinajstić information content (AvgIpc) is 3.43. The molecule has 0 bridgehead atoms. The summed E-state index contributed by atoms with van der Waals surface area (Å²) in [5, 5.41) is 0. The van der Waals surface area contributed by atoms with Crippen molar-refractivity contribution in [2.45, 2.75) is 62.8 Å². The van der Waals surface area contributed by atoms with Crippen LogP contribution in [0.2, 0.25) is 0 Å². The number of nitrogens with zero attached hydrogens (tertiary/aromatic N) is 4. The molecule has 5 aromatic rings. The van der Waals surface area contributed by atoms with Crippen LogP contribution in [0.1, 0.15) is 49.0 Å². The van der Waals surface area contributed by atoms with Gasteiger partial charge in [0.05, 0.1) is 22.3 Å². The summed E-state index contributed by atoms with van der Waals surface area (Å²) >= 11 is 0. The lowest BCUT2D eigenvalue weighted by Crippen LogP contribution is -2.46. The number of primary amides is 1. The number of likely N-dealkylation sites (tertiary alicyclic amines) is 1. The molecule has 1 saturated heterocycles. The van der Waals surface area contributed by atoms with Crippen LogP contribution in [0, 0.1) is 0 Å². The standard InChI is InChI=1S/C38H41N5O6S/c1-28(40(25-30-12-4-2-5-13-30)26-31-14-6-3-7-15-31)27-49-38(46)41-23-11-10-18-36(41)42-33-16-8-9-17-34(33)43(37(42)45)50(47,48)32-21-19-29(20-22-32)24-35(39)44/h2-9,12-17,19-22,28,36H,10-11,18,23-27H2,1H3,(H2,39,44)/t28-,36?/m0/s1. The summed E-state index contributed by atoms with van der Waals surface area (Å²) in [6.45, 7) is 3.83. The summed E-state index contributed by atoms with van der Waals surface area (Å²) in [7, 11) is -4.35. The summed E-state index contributed by atoms with van der Waals surface area (Å²) in [6, 6.07) is 32.5. The lowest BCUT2D eigenvalue weighted by molar-refractivity contribution is -0.117. The Morgan fingerprint density at radius 1 is 0.820 bits per heavy atom. The van der Waals surface area contributed by atoms with Crippen LogP contribution < -0.4 is 11.4 Å². The van der Waals surface area contributed by atoms with Crippen molar-refractivity contribution in [3.05, 3.63) is 136 Å². The second kappa shape index (κ2) is 15.1. The summed E-state index contributed by atoms with van der Waals surface area (Å²) in [4.78, 5) is 43.0. The van der Waals surface area contributed by atoms with Gasteiger partial charge in [0.2, 0.25) is 5.91 Å². The van der Waals surface area contributed by atoms with E-state index in [4.69, 9.17) is 10.5 Å². The van der Waals surface area contributed by atoms with Crippen LogP contribution in [0.5, 0.6) is 0 Å². The predicted molar refractivity (Wildman–Crippen MR) is 191 cm³/mol. The molecule has 0 aliphatic carbocycles. The van der Waals surface area contributed by atoms with Crippen LogP contribution in [0.25, 0.3) is 11.0 Å². The van der Waals surface area contributed by atoms with E-state index in [0.29, 0.717) is 37.1 Å². The summed E-state index contributed by atoms with van der Waals surface area (Å²) < 4.78 is 36.1. The molecule has 2 heterocycles. The van der Waals surface area contributed by atoms with E-state index < -0.39 is 33.9 Å². The fraction of sp³-hybridized carbons (Fsp3) is 0.289. The Kier molecular flexibility index (Phi) is 10.5. The first-order chi connectivity index (χ1) is 24.1. The number of ether oxygens (including phenoxy) is 1. The van der Waals surface area contributed by atoms with E-state index in [-0.39, 0.29) is 29.5 Å². The molecule has 1 aromatic heterocycles. The van der Waals surface area contributed by atoms with E-state index in [1.165, 1.54) is 28.8 Å². The highest BCUT2D eigenvalue weighted by atomic mass is 32.2. The number of para-hydroxylation sites is 2. The van der Waals surface area contributed by atoms with Crippen molar-refractivity contribution in [3.63, 3.8) is 0 Å². The second-order valence-electron chi connectivity index (χ2n) is 12.7. The molecule has 4 aromatic carbocycles. The van der Waals surface area contributed by atoms with Crippen molar-refractivity contribution >= 4 is 33.1 Å². The molecule has 1 unspecified atom stereocenters. The van der Waals surface area contributed by atoms with Crippen molar-refractivity contribution in [1.82, 2.24) is 18.3 Å². The Morgan fingerprint density at radius 2 is 1.40 bits per heavy atom. The first-order valence-electron chi connectivity index (χ1n) is 16.7. The molecule has 2 amide bonds. The fourth-order valence-corrected chi connectivity index (χ4v) is 7.93. The first kappa shape index (κ1) is 34.7. The Balaban J connectivity index is 1.26. The summed E-state index contributed by atoms with van der Waals surface area (Å²) in [5.74, 6) is -0.540. The molecule has 6 rings (SSSR count). The highest BCUT2D eigenvalue weighted by Gasteiger charge is 2.35. The third-order valence-electron chi connectivity index (χ3n) is 9.11. The zero-order valence-corrected chi connectivity index (χ0v) is 28.7. The molecule has 50 heavy (non-hydrogen) atoms. The van der Waals surface area contributed by atoms with Gasteiger partial charge in [-0.3, -0.25) is 19.2 Å². The number of piperidine rings is 1. The Bertz CT molecular complexity index is 2070. The van der Waals surface area contributed by atoms with Crippen LogP contribution in [-0.2, 0) is 39.1 Å². The van der Waals surface area contributed by atoms with Gasteiger partial charge < -0.3 is 10.5 Å². The number of nitrogens with two attached hydrogens (primary N) is 1. The van der Waals surface area contributed by atoms with Crippen LogP contribution in [-0.4, -0.2) is 58.0 Å². The Labute approximate surface area is 291 Å². The van der Waals surface area contributed by atoms with E-state index in [1.807, 2.05) is 43.3 Å². The molecule has 0 spiro atoms. The minimum atomic E-state index is -4.35. The van der Waals surface area contributed by atoms with Crippen molar-refractivity contribution in [1.29, 1.82) is 0 Å². The highest BCUT2D eigenvalue weighted by Crippen LogP contribution is 2.30. The molecule has 0 saturated carbocycles. The van der Waals surface area contributed by atoms with Gasteiger partial charge in [0.1, 0.15) is 12.8 Å². The number of imidazole rings is 1. The number of hydrogen-bond donors (Lipinski definition) is 1. The summed E-state index contributed by atoms with van der Waals surface area (Å²) in [5.41, 5.74) is 7.94. The number of aromatic nitrogens is 2. The van der Waals surface area contributed by atoms with Gasteiger partial charge >= 0.3 is 11.8 Å². The maximum absolute atomic E-state index is 14.2. The number of benzene rings is 4. The molecule has 1 aliphatic heterocycles. The van der Waals surface area contributed by atoms with E-state index in [9.17, 15) is 22.8 Å². The molecule has 2 atom stereocenters. The van der Waals surface area contributed by atoms with Crippen molar-refractivity contribution in [3.8, 4) is 0 Å². The molecule has 1 fully saturated rings. The van der Waals surface area contributed by atoms with Gasteiger partial charge in [0.25, 0.3) is 10.0 Å². The number of carbonyl (C=O) groups excluding carboxylic acids is 2. The van der Waals surface area contributed by atoms with E-state index in [1.54, 1.807) is 29.2 Å². The van der Waals surface area contributed by atoms with Crippen molar-refractivity contribution in [2.24, 2.45) is 5.73 Å². The smallest absolute Gasteiger partial charge is 0.411 e. The number of carbonyl (C=O) groups is 2. The largest absolute Gasteiger partial charge is 0.448 e. The normalized spacial score (nSPS) is 15.6. The molecule has 0 radical (unpaired) electrons. The van der Waals surface area contributed by atoms with E-state index in [2.05, 4.69) is 29.2 Å². The highest BCUT2D eigenvalue weighted by molar-refractivity contribution is 7.90. The van der Waals surface area contributed by atoms with Crippen LogP contribution in [0.15, 0.2) is 119 Å². The zero-order valence-electron chi connectivity index (χ0n) is 27.9. The van der Waals surface area contributed by atoms with Gasteiger partial charge in [-0.2, -0.15) is 3.97 Å². The van der Waals surface area contributed by atoms with Crippen LogP contribution in [0.3, 0.4) is 0 Å². The summed E-state index contributed by atoms with van der Waals surface area (Å²) in [6.07, 6.45) is 0.574. The first-order valence-corrected chi connectivity index (χ1v) is 18.2. The number of fused-ring (bicyclic) bond motifs is 1. The third-order valence-corrected chi connectivity index (χ3v) is 10.8. The third kappa shape index (κ3) is 7.51. The topological polar surface area (TPSA) is 137 Å². The van der Waals surface area contributed by atoms with Gasteiger partial charge in [-0.1, -0.05) is 84.9 Å². The van der Waals surface area contributed by atoms with Crippen LogP contribution in [0.4, 0.5) is 4.79 Å². The molecule has 11 nitrogen and oxygen atoms in total. The van der Waals surface area contributed by atoms with Crippen molar-refractivity contribution < 1.29 is 22.7 Å². The van der Waals surface area contributed by atoms with Gasteiger partial charge in [0, 0.05) is 25.7 Å². The lowest BCUT2D eigenvalue weighted by atomic mass is 10.1. The molecular formula is C38H41N5O6S. The van der Waals surface area contributed by atoms with E-state index >= 15 is 0 Å². The molecule has 12 heteroatoms. The Morgan fingerprint density at radius 3 is 2.00 bits per heavy atom. The lowest BCUT2D eigenvalue weighted by Gasteiger charge is -2.36. The van der Waals surface area contributed by atoms with E-state index in [0.717, 1.165) is 27.9 Å². The van der Waals surface area contributed by atoms with Gasteiger partial charge in [0.15, 0.2) is 0 Å². The maximum atomic E-state index is 14.2.